The number of carbonyl (C=O) groups is 2. The monoisotopic (exact) mass is 328 g/mol. The third-order valence-corrected chi connectivity index (χ3v) is 4.64. The van der Waals surface area contributed by atoms with Crippen LogP contribution in [0.1, 0.15) is 32.8 Å². The molecular weight excluding hydrogens is 311 g/mol. The van der Waals surface area contributed by atoms with Gasteiger partial charge in [-0.05, 0) is 44.0 Å². The highest BCUT2D eigenvalue weighted by molar-refractivity contribution is 6.33. The first-order valence-corrected chi connectivity index (χ1v) is 7.61. The third kappa shape index (κ3) is 3.01. The molecule has 1 aromatic carbocycles. The van der Waals surface area contributed by atoms with Gasteiger partial charge >= 0.3 is 0 Å². The molecule has 0 aliphatic carbocycles. The van der Waals surface area contributed by atoms with Crippen molar-refractivity contribution in [2.45, 2.75) is 45.3 Å². The van der Waals surface area contributed by atoms with E-state index in [0.717, 1.165) is 5.56 Å². The van der Waals surface area contributed by atoms with Gasteiger partial charge in [0.15, 0.2) is 0 Å². The van der Waals surface area contributed by atoms with Gasteiger partial charge in [0, 0.05) is 16.6 Å². The summed E-state index contributed by atoms with van der Waals surface area (Å²) in [6.07, 6.45) is 0.532. The van der Waals surface area contributed by atoms with Crippen LogP contribution in [0.3, 0.4) is 0 Å². The molecule has 0 spiro atoms. The van der Waals surface area contributed by atoms with Gasteiger partial charge in [0.1, 0.15) is 11.6 Å². The molecule has 1 aliphatic rings. The number of amides is 2. The molecule has 21 heavy (non-hydrogen) atoms. The van der Waals surface area contributed by atoms with Crippen molar-refractivity contribution in [3.8, 4) is 0 Å². The number of rotatable bonds is 3. The van der Waals surface area contributed by atoms with Crippen molar-refractivity contribution in [1.82, 2.24) is 10.2 Å². The maximum absolute atomic E-state index is 12.7. The Hall–Kier alpha value is -1.26. The molecule has 0 radical (unpaired) electrons. The van der Waals surface area contributed by atoms with E-state index in [4.69, 9.17) is 23.2 Å². The number of halogens is 2. The van der Waals surface area contributed by atoms with Crippen LogP contribution in [0.5, 0.6) is 0 Å². The minimum Gasteiger partial charge on any atom is -0.340 e. The van der Waals surface area contributed by atoms with Crippen LogP contribution < -0.4 is 5.32 Å². The first-order chi connectivity index (χ1) is 9.78. The number of hydrogen-bond acceptors (Lipinski definition) is 2. The van der Waals surface area contributed by atoms with Gasteiger partial charge in [-0.25, -0.2) is 0 Å². The minimum atomic E-state index is -0.866. The summed E-state index contributed by atoms with van der Waals surface area (Å²) in [5, 5.41) is 3.88. The van der Waals surface area contributed by atoms with Crippen molar-refractivity contribution in [2.75, 3.05) is 0 Å². The second kappa shape index (κ2) is 5.85. The van der Waals surface area contributed by atoms with Crippen LogP contribution in [-0.2, 0) is 16.1 Å². The van der Waals surface area contributed by atoms with Crippen molar-refractivity contribution in [1.29, 1.82) is 0 Å². The second-order valence-electron chi connectivity index (χ2n) is 5.52. The second-order valence-corrected chi connectivity index (χ2v) is 6.36. The fourth-order valence-electron chi connectivity index (χ4n) is 2.36. The van der Waals surface area contributed by atoms with Gasteiger partial charge in [-0.15, -0.1) is 0 Å². The maximum Gasteiger partial charge on any atom is 0.249 e. The number of hydrogen-bond donors (Lipinski definition) is 1. The summed E-state index contributed by atoms with van der Waals surface area (Å²) >= 11 is 12.1. The molecule has 2 unspecified atom stereocenters. The summed E-state index contributed by atoms with van der Waals surface area (Å²) in [4.78, 5) is 26.3. The zero-order valence-electron chi connectivity index (χ0n) is 12.2. The average Bonchev–Trinajstić information content (AvgIpc) is 2.45. The van der Waals surface area contributed by atoms with Crippen molar-refractivity contribution in [3.63, 3.8) is 0 Å². The number of benzene rings is 1. The number of nitrogens with zero attached hydrogens (tertiary/aromatic N) is 1. The lowest BCUT2D eigenvalue weighted by Crippen LogP contribution is -2.68. The number of piperazine rings is 1. The normalized spacial score (nSPS) is 26.0. The van der Waals surface area contributed by atoms with Gasteiger partial charge in [0.2, 0.25) is 11.8 Å². The summed E-state index contributed by atoms with van der Waals surface area (Å²) in [6.45, 7) is 5.59. The van der Waals surface area contributed by atoms with E-state index in [-0.39, 0.29) is 18.4 Å². The van der Waals surface area contributed by atoms with Crippen LogP contribution in [0, 0.1) is 0 Å². The third-order valence-electron chi connectivity index (χ3n) is 4.03. The minimum absolute atomic E-state index is 0.104. The van der Waals surface area contributed by atoms with Crippen LogP contribution in [0.25, 0.3) is 0 Å². The van der Waals surface area contributed by atoms with Crippen molar-refractivity contribution in [3.05, 3.63) is 33.8 Å². The predicted molar refractivity (Wildman–Crippen MR) is 83.3 cm³/mol. The average molecular weight is 329 g/mol. The molecule has 2 atom stereocenters. The molecular formula is C15H18Cl2N2O2. The highest BCUT2D eigenvalue weighted by Gasteiger charge is 2.45. The summed E-state index contributed by atoms with van der Waals surface area (Å²) in [6, 6.07) is 4.57. The molecule has 2 rings (SSSR count). The lowest BCUT2D eigenvalue weighted by atomic mass is 9.92. The summed E-state index contributed by atoms with van der Waals surface area (Å²) in [7, 11) is 0. The summed E-state index contributed by atoms with van der Waals surface area (Å²) in [5.41, 5.74) is -0.133. The molecule has 1 heterocycles. The van der Waals surface area contributed by atoms with E-state index in [1.807, 2.05) is 6.92 Å². The zero-order chi connectivity index (χ0) is 15.8. The topological polar surface area (TPSA) is 49.4 Å². The van der Waals surface area contributed by atoms with Crippen molar-refractivity contribution < 1.29 is 9.59 Å². The summed E-state index contributed by atoms with van der Waals surface area (Å²) in [5.74, 6) is -0.259. The predicted octanol–water partition coefficient (Wildman–Crippen LogP) is 3.01. The van der Waals surface area contributed by atoms with Gasteiger partial charge in [0.05, 0.1) is 0 Å². The van der Waals surface area contributed by atoms with E-state index in [0.29, 0.717) is 16.5 Å². The molecule has 1 fully saturated rings. The highest BCUT2D eigenvalue weighted by atomic mass is 35.5. The maximum atomic E-state index is 12.7. The lowest BCUT2D eigenvalue weighted by Gasteiger charge is -2.43. The van der Waals surface area contributed by atoms with E-state index in [9.17, 15) is 9.59 Å². The quantitative estimate of drug-likeness (QED) is 0.927. The molecule has 0 aromatic heterocycles. The zero-order valence-corrected chi connectivity index (χ0v) is 13.8. The van der Waals surface area contributed by atoms with Crippen molar-refractivity contribution in [2.24, 2.45) is 0 Å². The van der Waals surface area contributed by atoms with Crippen LogP contribution in [0.4, 0.5) is 0 Å². The molecule has 1 N–H and O–H groups in total. The Balaban J connectivity index is 2.34. The smallest absolute Gasteiger partial charge is 0.249 e. The van der Waals surface area contributed by atoms with Crippen molar-refractivity contribution >= 4 is 35.0 Å². The number of carbonyl (C=O) groups excluding carboxylic acids is 2. The first-order valence-electron chi connectivity index (χ1n) is 6.85. The molecule has 6 heteroatoms. The fraction of sp³-hybridized carbons (Fsp3) is 0.467. The molecule has 1 saturated heterocycles. The Morgan fingerprint density at radius 3 is 2.62 bits per heavy atom. The van der Waals surface area contributed by atoms with Crippen LogP contribution in [0.2, 0.25) is 10.0 Å². The van der Waals surface area contributed by atoms with E-state index < -0.39 is 11.6 Å². The Labute approximate surface area is 134 Å². The van der Waals surface area contributed by atoms with Crippen LogP contribution in [0.15, 0.2) is 18.2 Å². The van der Waals surface area contributed by atoms with Gasteiger partial charge < -0.3 is 10.2 Å². The molecule has 1 aromatic rings. The van der Waals surface area contributed by atoms with E-state index >= 15 is 0 Å². The fourth-order valence-corrected chi connectivity index (χ4v) is 2.73. The molecule has 0 saturated carbocycles. The Morgan fingerprint density at radius 2 is 2.00 bits per heavy atom. The Morgan fingerprint density at radius 1 is 1.33 bits per heavy atom. The summed E-state index contributed by atoms with van der Waals surface area (Å²) < 4.78 is 0. The SMILES string of the molecule is CCC1(C)NC(=O)C(C)N(Cc2cc(Cl)ccc2Cl)C1=O. The van der Waals surface area contributed by atoms with Gasteiger partial charge in [-0.2, -0.15) is 0 Å². The standard InChI is InChI=1S/C15H18Cl2N2O2/c1-4-15(3)14(21)19(9(2)13(20)18-15)8-10-7-11(16)5-6-12(10)17/h5-7,9H,4,8H2,1-3H3,(H,18,20). The Kier molecular flexibility index (Phi) is 4.49. The van der Waals surface area contributed by atoms with Gasteiger partial charge in [0.25, 0.3) is 0 Å². The van der Waals surface area contributed by atoms with Gasteiger partial charge in [-0.3, -0.25) is 9.59 Å². The van der Waals surface area contributed by atoms with Gasteiger partial charge in [-0.1, -0.05) is 30.1 Å². The molecule has 114 valence electrons. The first kappa shape index (κ1) is 16.1. The number of nitrogens with one attached hydrogen (secondary N) is 1. The molecule has 1 aliphatic heterocycles. The van der Waals surface area contributed by atoms with E-state index in [1.165, 1.54) is 0 Å². The highest BCUT2D eigenvalue weighted by Crippen LogP contribution is 2.27. The largest absolute Gasteiger partial charge is 0.340 e. The molecule has 0 bridgehead atoms. The molecule has 2 amide bonds. The molecule has 4 nitrogen and oxygen atoms in total. The van der Waals surface area contributed by atoms with E-state index in [2.05, 4.69) is 5.32 Å². The van der Waals surface area contributed by atoms with Crippen LogP contribution in [-0.4, -0.2) is 28.3 Å². The Bertz CT molecular complexity index is 591. The van der Waals surface area contributed by atoms with E-state index in [1.54, 1.807) is 36.9 Å². The lowest BCUT2D eigenvalue weighted by molar-refractivity contribution is -0.154. The van der Waals surface area contributed by atoms with Crippen LogP contribution >= 0.6 is 23.2 Å².